The number of nitrogens with two attached hydrogens (primary N) is 1. The van der Waals surface area contributed by atoms with Crippen molar-refractivity contribution in [2.24, 2.45) is 23.5 Å². The average Bonchev–Trinajstić information content (AvgIpc) is 3.47. The molecule has 4 unspecified atom stereocenters. The van der Waals surface area contributed by atoms with Crippen molar-refractivity contribution < 1.29 is 14.4 Å². The van der Waals surface area contributed by atoms with Gasteiger partial charge in [0.25, 0.3) is 5.91 Å². The predicted molar refractivity (Wildman–Crippen MR) is 150 cm³/mol. The molecule has 7 nitrogen and oxygen atoms in total. The molecule has 38 heavy (non-hydrogen) atoms. The van der Waals surface area contributed by atoms with Crippen molar-refractivity contribution in [1.82, 2.24) is 15.1 Å². The molecule has 5 rings (SSSR count). The quantitative estimate of drug-likeness (QED) is 0.484. The van der Waals surface area contributed by atoms with Crippen molar-refractivity contribution in [3.8, 4) is 0 Å². The molecule has 2 heterocycles. The van der Waals surface area contributed by atoms with E-state index in [2.05, 4.69) is 17.4 Å². The maximum atomic E-state index is 13.6. The Bertz CT molecular complexity index is 1090. The standard InChI is InChI=1S/C30H40N4O3S/c31-18-22-8-4-9-23(16-22)19-32-28(35)26-17-25(20-34(26)29(36)24-11-12-24)33(30(37)27-10-5-15-38-27)14-13-21-6-2-1-3-7-21/h1-3,5-7,10,15,22-26H,4,8-9,11-14,16-20,31H2,(H,32,35). The molecule has 204 valence electrons. The van der Waals surface area contributed by atoms with Gasteiger partial charge in [0.15, 0.2) is 0 Å². The molecule has 2 saturated carbocycles. The Hall–Kier alpha value is -2.71. The summed E-state index contributed by atoms with van der Waals surface area (Å²) >= 11 is 1.43. The lowest BCUT2D eigenvalue weighted by atomic mass is 9.81. The molecule has 0 spiro atoms. The lowest BCUT2D eigenvalue weighted by molar-refractivity contribution is -0.139. The number of likely N-dealkylation sites (tertiary alicyclic amines) is 1. The maximum absolute atomic E-state index is 13.6. The number of amides is 3. The van der Waals surface area contributed by atoms with E-state index in [1.165, 1.54) is 17.8 Å². The summed E-state index contributed by atoms with van der Waals surface area (Å²) in [5.41, 5.74) is 7.07. The SMILES string of the molecule is NCC1CCCC(CNC(=O)C2CC(N(CCc3ccccc3)C(=O)c3cccs3)CN2C(=O)C2CC2)C1. The van der Waals surface area contributed by atoms with Crippen LogP contribution in [0.2, 0.25) is 0 Å². The van der Waals surface area contributed by atoms with Crippen LogP contribution in [0.5, 0.6) is 0 Å². The first-order valence-electron chi connectivity index (χ1n) is 14.2. The van der Waals surface area contributed by atoms with Gasteiger partial charge >= 0.3 is 0 Å². The summed E-state index contributed by atoms with van der Waals surface area (Å²) in [6.45, 7) is 2.30. The third-order valence-corrected chi connectivity index (χ3v) is 9.36. The van der Waals surface area contributed by atoms with Crippen LogP contribution in [0.1, 0.15) is 60.2 Å². The van der Waals surface area contributed by atoms with Crippen molar-refractivity contribution in [2.45, 2.75) is 63.5 Å². The minimum Gasteiger partial charge on any atom is -0.354 e. The summed E-state index contributed by atoms with van der Waals surface area (Å²) in [4.78, 5) is 44.8. The zero-order chi connectivity index (χ0) is 26.5. The van der Waals surface area contributed by atoms with E-state index >= 15 is 0 Å². The smallest absolute Gasteiger partial charge is 0.264 e. The normalized spacial score (nSPS) is 25.2. The first kappa shape index (κ1) is 26.9. The first-order valence-corrected chi connectivity index (χ1v) is 15.1. The van der Waals surface area contributed by atoms with Crippen LogP contribution in [0.15, 0.2) is 47.8 Å². The highest BCUT2D eigenvalue weighted by Gasteiger charge is 2.46. The molecule has 3 fully saturated rings. The third kappa shape index (κ3) is 6.46. The van der Waals surface area contributed by atoms with Gasteiger partial charge in [-0.05, 0) is 80.3 Å². The molecule has 1 saturated heterocycles. The van der Waals surface area contributed by atoms with Gasteiger partial charge in [-0.1, -0.05) is 42.8 Å². The monoisotopic (exact) mass is 536 g/mol. The molecular weight excluding hydrogens is 496 g/mol. The van der Waals surface area contributed by atoms with E-state index in [4.69, 9.17) is 5.73 Å². The second-order valence-corrected chi connectivity index (χ2v) is 12.2. The Labute approximate surface area is 229 Å². The zero-order valence-corrected chi connectivity index (χ0v) is 22.9. The summed E-state index contributed by atoms with van der Waals surface area (Å²) in [5, 5.41) is 5.10. The number of carbonyl (C=O) groups excluding carboxylic acids is 3. The van der Waals surface area contributed by atoms with Crippen molar-refractivity contribution >= 4 is 29.1 Å². The van der Waals surface area contributed by atoms with Crippen LogP contribution >= 0.6 is 11.3 Å². The molecular formula is C30H40N4O3S. The largest absolute Gasteiger partial charge is 0.354 e. The highest BCUT2D eigenvalue weighted by molar-refractivity contribution is 7.12. The minimum atomic E-state index is -0.530. The van der Waals surface area contributed by atoms with E-state index in [9.17, 15) is 14.4 Å². The summed E-state index contributed by atoms with van der Waals surface area (Å²) < 4.78 is 0. The van der Waals surface area contributed by atoms with Gasteiger partial charge in [-0.25, -0.2) is 0 Å². The topological polar surface area (TPSA) is 95.7 Å². The number of hydrogen-bond acceptors (Lipinski definition) is 5. The molecule has 3 aliphatic rings. The summed E-state index contributed by atoms with van der Waals surface area (Å²) in [5.74, 6) is 0.974. The Morgan fingerprint density at radius 3 is 2.50 bits per heavy atom. The molecule has 0 radical (unpaired) electrons. The number of rotatable bonds is 10. The number of hydrogen-bond donors (Lipinski definition) is 2. The van der Waals surface area contributed by atoms with Gasteiger partial charge in [0, 0.05) is 25.6 Å². The summed E-state index contributed by atoms with van der Waals surface area (Å²) in [6, 6.07) is 13.2. The molecule has 1 aromatic carbocycles. The maximum Gasteiger partial charge on any atom is 0.264 e. The fourth-order valence-electron chi connectivity index (χ4n) is 6.15. The third-order valence-electron chi connectivity index (χ3n) is 8.50. The van der Waals surface area contributed by atoms with Crippen LogP contribution in [0.25, 0.3) is 0 Å². The van der Waals surface area contributed by atoms with Gasteiger partial charge in [0.2, 0.25) is 11.8 Å². The number of nitrogens with one attached hydrogen (secondary N) is 1. The molecule has 2 aliphatic carbocycles. The predicted octanol–water partition coefficient (Wildman–Crippen LogP) is 3.69. The van der Waals surface area contributed by atoms with E-state index < -0.39 is 6.04 Å². The molecule has 1 aliphatic heterocycles. The van der Waals surface area contributed by atoms with Gasteiger partial charge in [-0.15, -0.1) is 11.3 Å². The molecule has 8 heteroatoms. The number of nitrogens with zero attached hydrogens (tertiary/aromatic N) is 2. The molecule has 1 aromatic heterocycles. The second-order valence-electron chi connectivity index (χ2n) is 11.3. The first-order chi connectivity index (χ1) is 18.5. The number of thiophene rings is 1. The molecule has 2 aromatic rings. The fourth-order valence-corrected chi connectivity index (χ4v) is 6.83. The minimum absolute atomic E-state index is 0.0177. The van der Waals surface area contributed by atoms with Crippen LogP contribution in [0.3, 0.4) is 0 Å². The average molecular weight is 537 g/mol. The van der Waals surface area contributed by atoms with Crippen molar-refractivity contribution in [3.63, 3.8) is 0 Å². The summed E-state index contributed by atoms with van der Waals surface area (Å²) in [6.07, 6.45) is 7.48. The van der Waals surface area contributed by atoms with Gasteiger partial charge in [0.05, 0.1) is 10.9 Å². The van der Waals surface area contributed by atoms with Crippen molar-refractivity contribution in [2.75, 3.05) is 26.2 Å². The van der Waals surface area contributed by atoms with E-state index in [-0.39, 0.29) is 29.7 Å². The molecule has 0 bridgehead atoms. The van der Waals surface area contributed by atoms with E-state index in [0.29, 0.717) is 49.3 Å². The van der Waals surface area contributed by atoms with E-state index in [1.54, 1.807) is 4.90 Å². The highest BCUT2D eigenvalue weighted by atomic mass is 32.1. The Balaban J connectivity index is 1.30. The fraction of sp³-hybridized carbons (Fsp3) is 0.567. The van der Waals surface area contributed by atoms with E-state index in [0.717, 1.165) is 44.1 Å². The van der Waals surface area contributed by atoms with Crippen LogP contribution in [0, 0.1) is 17.8 Å². The lowest BCUT2D eigenvalue weighted by Crippen LogP contribution is -2.47. The van der Waals surface area contributed by atoms with Crippen molar-refractivity contribution in [1.29, 1.82) is 0 Å². The van der Waals surface area contributed by atoms with Crippen LogP contribution in [0.4, 0.5) is 0 Å². The second kappa shape index (κ2) is 12.4. The van der Waals surface area contributed by atoms with Gasteiger partial charge in [-0.2, -0.15) is 0 Å². The Kier molecular flexibility index (Phi) is 8.79. The van der Waals surface area contributed by atoms with Crippen LogP contribution in [-0.2, 0) is 16.0 Å². The van der Waals surface area contributed by atoms with Crippen LogP contribution in [-0.4, -0.2) is 65.8 Å². The molecule has 3 N–H and O–H groups in total. The van der Waals surface area contributed by atoms with Crippen molar-refractivity contribution in [3.05, 3.63) is 58.3 Å². The van der Waals surface area contributed by atoms with Gasteiger partial charge < -0.3 is 20.9 Å². The Morgan fingerprint density at radius 2 is 1.79 bits per heavy atom. The lowest BCUT2D eigenvalue weighted by Gasteiger charge is -2.29. The van der Waals surface area contributed by atoms with Crippen LogP contribution < -0.4 is 11.1 Å². The Morgan fingerprint density at radius 1 is 1.00 bits per heavy atom. The zero-order valence-electron chi connectivity index (χ0n) is 22.1. The number of benzene rings is 1. The van der Waals surface area contributed by atoms with Gasteiger partial charge in [-0.3, -0.25) is 14.4 Å². The molecule has 4 atom stereocenters. The van der Waals surface area contributed by atoms with E-state index in [1.807, 2.05) is 40.6 Å². The number of carbonyl (C=O) groups is 3. The highest BCUT2D eigenvalue weighted by Crippen LogP contribution is 2.35. The summed E-state index contributed by atoms with van der Waals surface area (Å²) in [7, 11) is 0. The molecule has 3 amide bonds. The van der Waals surface area contributed by atoms with Gasteiger partial charge in [0.1, 0.15) is 6.04 Å².